The van der Waals surface area contributed by atoms with Crippen LogP contribution in [0.25, 0.3) is 32.7 Å². The standard InChI is InChI=1S/C20H13/c1-2-7-15(8-3-1)18-11-6-12-19-17-10-5-4-9-16(17)13-14-20(18)19/h1-4,6-14H. The molecule has 0 saturated heterocycles. The largest absolute Gasteiger partial charge is 0.0622 e. The molecule has 4 rings (SSSR count). The van der Waals surface area contributed by atoms with Gasteiger partial charge in [0.25, 0.3) is 0 Å². The van der Waals surface area contributed by atoms with Gasteiger partial charge in [-0.3, -0.25) is 0 Å². The summed E-state index contributed by atoms with van der Waals surface area (Å²) >= 11 is 0. The van der Waals surface area contributed by atoms with Gasteiger partial charge in [-0.15, -0.1) is 0 Å². The molecule has 0 aromatic heterocycles. The minimum absolute atomic E-state index is 1.26. The molecule has 0 amide bonds. The second kappa shape index (κ2) is 4.50. The molecule has 4 aromatic carbocycles. The quantitative estimate of drug-likeness (QED) is 0.395. The minimum atomic E-state index is 1.26. The van der Waals surface area contributed by atoms with Gasteiger partial charge in [-0.2, -0.15) is 0 Å². The van der Waals surface area contributed by atoms with E-state index in [-0.39, 0.29) is 0 Å². The van der Waals surface area contributed by atoms with Crippen LogP contribution in [0, 0.1) is 6.07 Å². The lowest BCUT2D eigenvalue weighted by molar-refractivity contribution is 1.66. The number of hydrogen-bond donors (Lipinski definition) is 0. The lowest BCUT2D eigenvalue weighted by Crippen LogP contribution is -1.82. The Morgan fingerprint density at radius 3 is 2.40 bits per heavy atom. The molecule has 4 aromatic rings. The number of hydrogen-bond acceptors (Lipinski definition) is 0. The molecule has 0 heterocycles. The monoisotopic (exact) mass is 253 g/mol. The lowest BCUT2D eigenvalue weighted by Gasteiger charge is -2.09. The van der Waals surface area contributed by atoms with Crippen LogP contribution >= 0.6 is 0 Å². The van der Waals surface area contributed by atoms with E-state index >= 15 is 0 Å². The lowest BCUT2D eigenvalue weighted by atomic mass is 9.95. The third kappa shape index (κ3) is 1.70. The summed E-state index contributed by atoms with van der Waals surface area (Å²) in [7, 11) is 0. The first-order valence-corrected chi connectivity index (χ1v) is 6.80. The molecule has 0 saturated carbocycles. The van der Waals surface area contributed by atoms with Crippen molar-refractivity contribution >= 4 is 21.5 Å². The van der Waals surface area contributed by atoms with Crippen LogP contribution in [0.1, 0.15) is 0 Å². The first-order valence-electron chi connectivity index (χ1n) is 6.80. The molecule has 0 fully saturated rings. The molecule has 1 radical (unpaired) electrons. The highest BCUT2D eigenvalue weighted by atomic mass is 14.1. The van der Waals surface area contributed by atoms with Gasteiger partial charge in [0.1, 0.15) is 0 Å². The summed E-state index contributed by atoms with van der Waals surface area (Å²) in [5.74, 6) is 0. The summed E-state index contributed by atoms with van der Waals surface area (Å²) in [5.41, 5.74) is 2.55. The van der Waals surface area contributed by atoms with E-state index in [0.29, 0.717) is 0 Å². The maximum absolute atomic E-state index is 3.19. The average molecular weight is 253 g/mol. The molecule has 0 heteroatoms. The van der Waals surface area contributed by atoms with Gasteiger partial charge in [-0.25, -0.2) is 0 Å². The van der Waals surface area contributed by atoms with Gasteiger partial charge in [0.2, 0.25) is 0 Å². The van der Waals surface area contributed by atoms with E-state index in [1.165, 1.54) is 32.7 Å². The maximum Gasteiger partial charge on any atom is -0.00990 e. The molecule has 0 unspecified atom stereocenters. The van der Waals surface area contributed by atoms with Crippen molar-refractivity contribution in [2.75, 3.05) is 0 Å². The summed E-state index contributed by atoms with van der Waals surface area (Å²) in [6, 6.07) is 30.8. The molecule has 20 heavy (non-hydrogen) atoms. The molecule has 0 spiro atoms. The highest BCUT2D eigenvalue weighted by Crippen LogP contribution is 2.32. The van der Waals surface area contributed by atoms with Crippen molar-refractivity contribution in [3.05, 3.63) is 84.9 Å². The van der Waals surface area contributed by atoms with E-state index in [1.807, 2.05) is 6.07 Å². The van der Waals surface area contributed by atoms with Crippen molar-refractivity contribution in [3.63, 3.8) is 0 Å². The zero-order valence-corrected chi connectivity index (χ0v) is 11.0. The van der Waals surface area contributed by atoms with Gasteiger partial charge in [-0.1, -0.05) is 72.8 Å². The Balaban J connectivity index is 2.12. The number of rotatable bonds is 1. The summed E-state index contributed by atoms with van der Waals surface area (Å²) in [6.45, 7) is 0. The van der Waals surface area contributed by atoms with E-state index < -0.39 is 0 Å². The molecule has 0 atom stereocenters. The van der Waals surface area contributed by atoms with Gasteiger partial charge in [0.15, 0.2) is 0 Å². The molecular weight excluding hydrogens is 240 g/mol. The first kappa shape index (κ1) is 11.2. The van der Waals surface area contributed by atoms with Crippen LogP contribution < -0.4 is 0 Å². The topological polar surface area (TPSA) is 0 Å². The highest BCUT2D eigenvalue weighted by molar-refractivity contribution is 6.11. The SMILES string of the molecule is [c]1ccc2ccc3c(-c4ccccc4)cccc3c2c1. The summed E-state index contributed by atoms with van der Waals surface area (Å²) in [5, 5.41) is 5.12. The van der Waals surface area contributed by atoms with Crippen LogP contribution in [0.4, 0.5) is 0 Å². The van der Waals surface area contributed by atoms with E-state index in [1.54, 1.807) is 0 Å². The highest BCUT2D eigenvalue weighted by Gasteiger charge is 2.05. The van der Waals surface area contributed by atoms with Crippen molar-refractivity contribution < 1.29 is 0 Å². The van der Waals surface area contributed by atoms with Gasteiger partial charge < -0.3 is 0 Å². The Hall–Kier alpha value is -2.60. The summed E-state index contributed by atoms with van der Waals surface area (Å²) < 4.78 is 0. The van der Waals surface area contributed by atoms with E-state index in [2.05, 4.69) is 78.9 Å². The van der Waals surface area contributed by atoms with Crippen LogP contribution in [-0.2, 0) is 0 Å². The average Bonchev–Trinajstić information content (AvgIpc) is 2.55. The van der Waals surface area contributed by atoms with Crippen molar-refractivity contribution in [3.8, 4) is 11.1 Å². The van der Waals surface area contributed by atoms with Gasteiger partial charge in [-0.05, 0) is 44.8 Å². The van der Waals surface area contributed by atoms with Crippen LogP contribution in [-0.4, -0.2) is 0 Å². The van der Waals surface area contributed by atoms with Gasteiger partial charge in [0, 0.05) is 0 Å². The molecule has 0 aliphatic rings. The Bertz CT molecular complexity index is 889. The van der Waals surface area contributed by atoms with Crippen molar-refractivity contribution in [2.45, 2.75) is 0 Å². The van der Waals surface area contributed by atoms with Crippen molar-refractivity contribution in [1.82, 2.24) is 0 Å². The molecule has 0 N–H and O–H groups in total. The second-order valence-corrected chi connectivity index (χ2v) is 4.98. The Morgan fingerprint density at radius 1 is 0.600 bits per heavy atom. The predicted molar refractivity (Wildman–Crippen MR) is 85.7 cm³/mol. The van der Waals surface area contributed by atoms with Crippen molar-refractivity contribution in [2.24, 2.45) is 0 Å². The fraction of sp³-hybridized carbons (Fsp3) is 0. The fourth-order valence-corrected chi connectivity index (χ4v) is 2.84. The van der Waals surface area contributed by atoms with Crippen LogP contribution in [0.3, 0.4) is 0 Å². The third-order valence-electron chi connectivity index (χ3n) is 3.81. The minimum Gasteiger partial charge on any atom is -0.0622 e. The van der Waals surface area contributed by atoms with Crippen molar-refractivity contribution in [1.29, 1.82) is 0 Å². The van der Waals surface area contributed by atoms with Crippen LogP contribution in [0.2, 0.25) is 0 Å². The zero-order valence-electron chi connectivity index (χ0n) is 11.0. The van der Waals surface area contributed by atoms with Crippen LogP contribution in [0.15, 0.2) is 78.9 Å². The van der Waals surface area contributed by atoms with Crippen LogP contribution in [0.5, 0.6) is 0 Å². The van der Waals surface area contributed by atoms with E-state index in [4.69, 9.17) is 0 Å². The fourth-order valence-electron chi connectivity index (χ4n) is 2.84. The Kier molecular flexibility index (Phi) is 2.53. The summed E-state index contributed by atoms with van der Waals surface area (Å²) in [4.78, 5) is 0. The van der Waals surface area contributed by atoms with Gasteiger partial charge in [0.05, 0.1) is 0 Å². The molecule has 0 nitrogen and oxygen atoms in total. The Labute approximate surface area is 118 Å². The van der Waals surface area contributed by atoms with E-state index in [9.17, 15) is 0 Å². The third-order valence-corrected chi connectivity index (χ3v) is 3.81. The normalized spacial score (nSPS) is 11.0. The maximum atomic E-state index is 3.19. The zero-order chi connectivity index (χ0) is 13.4. The number of benzene rings is 4. The Morgan fingerprint density at radius 2 is 1.50 bits per heavy atom. The molecule has 0 aliphatic heterocycles. The van der Waals surface area contributed by atoms with Gasteiger partial charge >= 0.3 is 0 Å². The molecule has 0 aliphatic carbocycles. The first-order chi connectivity index (χ1) is 9.93. The predicted octanol–water partition coefficient (Wildman–Crippen LogP) is 5.46. The molecule has 93 valence electrons. The molecular formula is C20H13. The van der Waals surface area contributed by atoms with E-state index in [0.717, 1.165) is 0 Å². The molecule has 0 bridgehead atoms. The second-order valence-electron chi connectivity index (χ2n) is 4.98. The smallest absolute Gasteiger partial charge is 0.00990 e. The summed E-state index contributed by atoms with van der Waals surface area (Å²) in [6.07, 6.45) is 0. The number of fused-ring (bicyclic) bond motifs is 3.